The van der Waals surface area contributed by atoms with Crippen molar-refractivity contribution in [1.29, 1.82) is 0 Å². The van der Waals surface area contributed by atoms with Crippen LogP contribution in [0.2, 0.25) is 5.02 Å². The highest BCUT2D eigenvalue weighted by Crippen LogP contribution is 2.40. The van der Waals surface area contributed by atoms with Crippen molar-refractivity contribution in [2.75, 3.05) is 6.54 Å². The maximum Gasteiger partial charge on any atom is 0.342 e. The van der Waals surface area contributed by atoms with Gasteiger partial charge in [-0.1, -0.05) is 39.3 Å². The molecule has 1 amide bonds. The number of carbonyl (C=O) groups excluding carboxylic acids is 2. The largest absolute Gasteiger partial charge is 0.459 e. The molecule has 0 bridgehead atoms. The van der Waals surface area contributed by atoms with Crippen LogP contribution >= 0.6 is 11.6 Å². The van der Waals surface area contributed by atoms with Crippen LogP contribution in [0.1, 0.15) is 63.2 Å². The lowest BCUT2D eigenvalue weighted by Crippen LogP contribution is -2.37. The number of carbonyl (C=O) groups is 2. The maximum atomic E-state index is 13.8. The average Bonchev–Trinajstić information content (AvgIpc) is 3.12. The van der Waals surface area contributed by atoms with E-state index < -0.39 is 35.0 Å². The van der Waals surface area contributed by atoms with Crippen molar-refractivity contribution >= 4 is 40.1 Å². The van der Waals surface area contributed by atoms with Crippen LogP contribution in [-0.2, 0) is 14.9 Å². The van der Waals surface area contributed by atoms with Gasteiger partial charge >= 0.3 is 5.97 Å². The van der Waals surface area contributed by atoms with Gasteiger partial charge in [0.2, 0.25) is 0 Å². The first-order valence-electron chi connectivity index (χ1n) is 11.3. The van der Waals surface area contributed by atoms with E-state index in [0.717, 1.165) is 17.7 Å². The molecule has 0 aliphatic carbocycles. The fraction of sp³-hybridized carbons (Fsp3) is 0.346. The Morgan fingerprint density at radius 3 is 2.49 bits per heavy atom. The Balaban J connectivity index is 0.00000167. The van der Waals surface area contributed by atoms with Crippen molar-refractivity contribution in [3.63, 3.8) is 0 Å². The first kappa shape index (κ1) is 26.3. The number of nitrogens with one attached hydrogen (secondary N) is 1. The monoisotopic (exact) mass is 503 g/mol. The zero-order valence-corrected chi connectivity index (χ0v) is 21.3. The number of hydrogen-bond donors (Lipinski definition) is 1. The standard InChI is InChI=1S/C24H22ClF2N3O3.C2H6/c1-12(2)33-23(32)16-10-30(22(31)13-5-6-17(26)18(27)7-13)11-24(3,4)19-15-8-14(25)9-28-21(15)29-20(16)19;1-2/h5-10,12H,11H2,1-4H3,(H,28,29);1-2H3. The van der Waals surface area contributed by atoms with Crippen molar-refractivity contribution in [3.8, 4) is 0 Å². The summed E-state index contributed by atoms with van der Waals surface area (Å²) in [6.07, 6.45) is 2.49. The summed E-state index contributed by atoms with van der Waals surface area (Å²) < 4.78 is 32.6. The number of aromatic nitrogens is 2. The van der Waals surface area contributed by atoms with Gasteiger partial charge in [0.1, 0.15) is 5.65 Å². The lowest BCUT2D eigenvalue weighted by molar-refractivity contribution is -0.140. The molecule has 0 atom stereocenters. The lowest BCUT2D eigenvalue weighted by atomic mass is 9.82. The Morgan fingerprint density at radius 2 is 1.86 bits per heavy atom. The fourth-order valence-electron chi connectivity index (χ4n) is 4.08. The highest BCUT2D eigenvalue weighted by atomic mass is 35.5. The van der Waals surface area contributed by atoms with Gasteiger partial charge in [-0.25, -0.2) is 18.6 Å². The molecular formula is C26H28ClF2N3O3. The number of fused-ring (bicyclic) bond motifs is 3. The zero-order valence-electron chi connectivity index (χ0n) is 20.5. The van der Waals surface area contributed by atoms with E-state index in [-0.39, 0.29) is 17.7 Å². The van der Waals surface area contributed by atoms with E-state index in [0.29, 0.717) is 21.7 Å². The number of pyridine rings is 1. The molecule has 35 heavy (non-hydrogen) atoms. The van der Waals surface area contributed by atoms with Crippen molar-refractivity contribution in [1.82, 2.24) is 14.9 Å². The second-order valence-electron chi connectivity index (χ2n) is 8.87. The maximum absolute atomic E-state index is 13.8. The Bertz CT molecular complexity index is 1310. The molecule has 0 unspecified atom stereocenters. The van der Waals surface area contributed by atoms with Gasteiger partial charge in [0.15, 0.2) is 11.6 Å². The van der Waals surface area contributed by atoms with Crippen LogP contribution in [0.25, 0.3) is 16.6 Å². The molecule has 186 valence electrons. The van der Waals surface area contributed by atoms with Gasteiger partial charge in [-0.3, -0.25) is 4.79 Å². The molecule has 0 fully saturated rings. The quantitative estimate of drug-likeness (QED) is 0.429. The molecule has 1 N–H and O–H groups in total. The molecule has 0 radical (unpaired) electrons. The van der Waals surface area contributed by atoms with E-state index in [9.17, 15) is 18.4 Å². The summed E-state index contributed by atoms with van der Waals surface area (Å²) >= 11 is 6.19. The van der Waals surface area contributed by atoms with Crippen LogP contribution in [-0.4, -0.2) is 39.4 Å². The SMILES string of the molecule is CC.CC(C)OC(=O)C1=CN(C(=O)c2ccc(F)c(F)c2)CC(C)(C)c2c1[nH]c1ncc(Cl)cc21. The topological polar surface area (TPSA) is 75.3 Å². The Kier molecular flexibility index (Phi) is 7.65. The Labute approximate surface area is 207 Å². The minimum absolute atomic E-state index is 0.0438. The predicted octanol–water partition coefficient (Wildman–Crippen LogP) is 6.25. The molecule has 1 aliphatic rings. The number of rotatable bonds is 3. The molecule has 0 saturated carbocycles. The third kappa shape index (κ3) is 5.22. The zero-order chi connectivity index (χ0) is 26.1. The third-order valence-electron chi connectivity index (χ3n) is 5.40. The molecule has 2 aromatic heterocycles. The third-order valence-corrected chi connectivity index (χ3v) is 5.61. The molecule has 6 nitrogen and oxygen atoms in total. The molecule has 0 spiro atoms. The minimum Gasteiger partial charge on any atom is -0.459 e. The normalized spacial score (nSPS) is 14.6. The summed E-state index contributed by atoms with van der Waals surface area (Å²) in [4.78, 5) is 35.2. The summed E-state index contributed by atoms with van der Waals surface area (Å²) in [5.74, 6) is -3.40. The summed E-state index contributed by atoms with van der Waals surface area (Å²) in [6, 6.07) is 4.69. The molecule has 1 aromatic carbocycles. The summed E-state index contributed by atoms with van der Waals surface area (Å²) in [6.45, 7) is 11.4. The molecular weight excluding hydrogens is 476 g/mol. The van der Waals surface area contributed by atoms with Gasteiger partial charge in [-0.2, -0.15) is 0 Å². The van der Waals surface area contributed by atoms with Crippen LogP contribution in [0, 0.1) is 11.6 Å². The van der Waals surface area contributed by atoms with E-state index in [1.165, 1.54) is 23.4 Å². The number of H-pyrrole nitrogens is 1. The molecule has 4 rings (SSSR count). The van der Waals surface area contributed by atoms with Crippen molar-refractivity contribution in [2.45, 2.75) is 53.1 Å². The lowest BCUT2D eigenvalue weighted by Gasteiger charge is -2.29. The second-order valence-corrected chi connectivity index (χ2v) is 9.30. The first-order valence-corrected chi connectivity index (χ1v) is 11.7. The van der Waals surface area contributed by atoms with E-state index >= 15 is 0 Å². The molecule has 1 aliphatic heterocycles. The number of amides is 1. The van der Waals surface area contributed by atoms with E-state index in [4.69, 9.17) is 16.3 Å². The van der Waals surface area contributed by atoms with Crippen LogP contribution in [0.3, 0.4) is 0 Å². The number of ether oxygens (including phenoxy) is 1. The Morgan fingerprint density at radius 1 is 1.17 bits per heavy atom. The number of benzene rings is 1. The van der Waals surface area contributed by atoms with Crippen LogP contribution in [0.15, 0.2) is 36.7 Å². The summed E-state index contributed by atoms with van der Waals surface area (Å²) in [7, 11) is 0. The first-order chi connectivity index (χ1) is 16.5. The molecule has 3 aromatic rings. The molecule has 9 heteroatoms. The molecule has 0 saturated heterocycles. The van der Waals surface area contributed by atoms with E-state index in [2.05, 4.69) is 9.97 Å². The van der Waals surface area contributed by atoms with Crippen molar-refractivity contribution < 1.29 is 23.1 Å². The van der Waals surface area contributed by atoms with E-state index in [1.807, 2.05) is 27.7 Å². The predicted molar refractivity (Wildman–Crippen MR) is 132 cm³/mol. The van der Waals surface area contributed by atoms with Gasteiger partial charge in [0.25, 0.3) is 5.91 Å². The number of hydrogen-bond acceptors (Lipinski definition) is 4. The van der Waals surface area contributed by atoms with Gasteiger partial charge in [0.05, 0.1) is 22.4 Å². The number of esters is 1. The second kappa shape index (κ2) is 10.2. The Hall–Kier alpha value is -3.26. The highest BCUT2D eigenvalue weighted by molar-refractivity contribution is 6.31. The van der Waals surface area contributed by atoms with Gasteiger partial charge in [-0.05, 0) is 43.7 Å². The van der Waals surface area contributed by atoms with Gasteiger partial charge in [0, 0.05) is 35.3 Å². The minimum atomic E-state index is -1.13. The number of halogens is 3. The summed E-state index contributed by atoms with van der Waals surface area (Å²) in [5.41, 5.74) is 1.16. The number of nitrogens with zero attached hydrogens (tertiary/aromatic N) is 2. The fourth-order valence-corrected chi connectivity index (χ4v) is 4.24. The average molecular weight is 504 g/mol. The van der Waals surface area contributed by atoms with Crippen LogP contribution in [0.5, 0.6) is 0 Å². The summed E-state index contributed by atoms with van der Waals surface area (Å²) in [5, 5.41) is 1.14. The van der Waals surface area contributed by atoms with Crippen molar-refractivity contribution in [2.24, 2.45) is 0 Å². The van der Waals surface area contributed by atoms with Crippen molar-refractivity contribution in [3.05, 3.63) is 70.1 Å². The van der Waals surface area contributed by atoms with Crippen LogP contribution < -0.4 is 0 Å². The number of aromatic amines is 1. The van der Waals surface area contributed by atoms with E-state index in [1.54, 1.807) is 19.9 Å². The van der Waals surface area contributed by atoms with Crippen LogP contribution in [0.4, 0.5) is 8.78 Å². The van der Waals surface area contributed by atoms with Gasteiger partial charge < -0.3 is 14.6 Å². The van der Waals surface area contributed by atoms with Gasteiger partial charge in [-0.15, -0.1) is 0 Å². The smallest absolute Gasteiger partial charge is 0.342 e. The highest BCUT2D eigenvalue weighted by Gasteiger charge is 2.38. The molecule has 3 heterocycles.